The number of carbonyl (C=O) groups is 1. The summed E-state index contributed by atoms with van der Waals surface area (Å²) in [5.41, 5.74) is 9.73. The molecule has 0 spiro atoms. The third-order valence-electron chi connectivity index (χ3n) is 5.24. The van der Waals surface area contributed by atoms with Crippen LogP contribution in [-0.4, -0.2) is 28.1 Å². The Bertz CT molecular complexity index is 1270. The number of nitrogens with zero attached hydrogens (tertiary/aromatic N) is 2. The number of fused-ring (bicyclic) bond motifs is 2. The lowest BCUT2D eigenvalue weighted by Gasteiger charge is -2.09. The highest BCUT2D eigenvalue weighted by molar-refractivity contribution is 6.07. The first kappa shape index (κ1) is 19.4. The van der Waals surface area contributed by atoms with Crippen LogP contribution in [0.25, 0.3) is 32.8 Å². The zero-order chi connectivity index (χ0) is 21.3. The Morgan fingerprint density at radius 1 is 1.23 bits per heavy atom. The van der Waals surface area contributed by atoms with E-state index in [0.29, 0.717) is 5.56 Å². The number of nitrogens with one attached hydrogen (secondary N) is 2. The molecular weight excluding hydrogens is 378 g/mol. The molecule has 0 unspecified atom stereocenters. The average molecular weight is 401 g/mol. The van der Waals surface area contributed by atoms with E-state index in [1.807, 2.05) is 48.1 Å². The first-order valence-electron chi connectivity index (χ1n) is 9.70. The molecule has 2 aromatic carbocycles. The molecule has 2 aromatic heterocycles. The van der Waals surface area contributed by atoms with Gasteiger partial charge in [-0.15, -0.1) is 0 Å². The molecule has 2 heterocycles. The van der Waals surface area contributed by atoms with Gasteiger partial charge in [-0.25, -0.2) is 4.79 Å². The van der Waals surface area contributed by atoms with Crippen LogP contribution in [0.2, 0.25) is 0 Å². The number of esters is 1. The SMILES string of the molecule is CCOC(=O)c1c(CNC(=N)N)n(C)c2cc(-c3cccc4cnccc34)ccc12. The second-order valence-electron chi connectivity index (χ2n) is 7.00. The van der Waals surface area contributed by atoms with Gasteiger partial charge in [-0.3, -0.25) is 10.4 Å². The number of hydrogen-bond donors (Lipinski definition) is 3. The average Bonchev–Trinajstić information content (AvgIpc) is 3.03. The number of guanidine groups is 1. The maximum absolute atomic E-state index is 12.7. The number of pyridine rings is 1. The quantitative estimate of drug-likeness (QED) is 0.269. The van der Waals surface area contributed by atoms with Gasteiger partial charge in [0.1, 0.15) is 0 Å². The first-order chi connectivity index (χ1) is 14.5. The number of ether oxygens (including phenoxy) is 1. The molecule has 7 heteroatoms. The van der Waals surface area contributed by atoms with E-state index in [2.05, 4.69) is 22.4 Å². The van der Waals surface area contributed by atoms with Crippen molar-refractivity contribution in [1.82, 2.24) is 14.9 Å². The minimum Gasteiger partial charge on any atom is -0.462 e. The van der Waals surface area contributed by atoms with E-state index < -0.39 is 0 Å². The summed E-state index contributed by atoms with van der Waals surface area (Å²) in [6, 6.07) is 14.2. The van der Waals surface area contributed by atoms with Gasteiger partial charge < -0.3 is 20.4 Å². The molecule has 30 heavy (non-hydrogen) atoms. The van der Waals surface area contributed by atoms with Crippen molar-refractivity contribution in [3.8, 4) is 11.1 Å². The minimum absolute atomic E-state index is 0.153. The zero-order valence-corrected chi connectivity index (χ0v) is 16.9. The predicted molar refractivity (Wildman–Crippen MR) is 118 cm³/mol. The van der Waals surface area contributed by atoms with E-state index in [-0.39, 0.29) is 25.1 Å². The van der Waals surface area contributed by atoms with Gasteiger partial charge in [-0.05, 0) is 35.6 Å². The molecule has 0 fully saturated rings. The van der Waals surface area contributed by atoms with Gasteiger partial charge in [0.15, 0.2) is 5.96 Å². The molecule has 0 aliphatic heterocycles. The number of carbonyl (C=O) groups excluding carboxylic acids is 1. The van der Waals surface area contributed by atoms with Gasteiger partial charge in [0, 0.05) is 35.7 Å². The predicted octanol–water partition coefficient (Wildman–Crippen LogP) is 3.55. The maximum Gasteiger partial charge on any atom is 0.340 e. The van der Waals surface area contributed by atoms with Crippen LogP contribution in [-0.2, 0) is 18.3 Å². The molecule has 0 aliphatic carbocycles. The van der Waals surface area contributed by atoms with Gasteiger partial charge in [0.25, 0.3) is 0 Å². The van der Waals surface area contributed by atoms with Gasteiger partial charge in [-0.1, -0.05) is 30.3 Å². The van der Waals surface area contributed by atoms with E-state index in [1.165, 1.54) is 0 Å². The third-order valence-corrected chi connectivity index (χ3v) is 5.24. The Kier molecular flexibility index (Phi) is 5.10. The number of aromatic nitrogens is 2. The lowest BCUT2D eigenvalue weighted by molar-refractivity contribution is 0.0527. The number of aryl methyl sites for hydroxylation is 1. The van der Waals surface area contributed by atoms with Crippen molar-refractivity contribution in [2.75, 3.05) is 6.61 Å². The summed E-state index contributed by atoms with van der Waals surface area (Å²) in [4.78, 5) is 16.9. The van der Waals surface area contributed by atoms with E-state index >= 15 is 0 Å². The molecule has 0 saturated heterocycles. The van der Waals surface area contributed by atoms with Crippen molar-refractivity contribution >= 4 is 33.6 Å². The Balaban J connectivity index is 1.91. The van der Waals surface area contributed by atoms with Gasteiger partial charge >= 0.3 is 5.97 Å². The topological polar surface area (TPSA) is 106 Å². The van der Waals surface area contributed by atoms with Crippen LogP contribution in [0.4, 0.5) is 0 Å². The van der Waals surface area contributed by atoms with Crippen molar-refractivity contribution in [2.45, 2.75) is 13.5 Å². The largest absolute Gasteiger partial charge is 0.462 e. The fourth-order valence-corrected chi connectivity index (χ4v) is 3.85. The molecule has 4 rings (SSSR count). The molecule has 0 atom stereocenters. The molecular formula is C23H23N5O2. The Morgan fingerprint density at radius 3 is 2.83 bits per heavy atom. The lowest BCUT2D eigenvalue weighted by atomic mass is 9.98. The highest BCUT2D eigenvalue weighted by atomic mass is 16.5. The summed E-state index contributed by atoms with van der Waals surface area (Å²) in [6.45, 7) is 2.32. The second kappa shape index (κ2) is 7.87. The molecule has 152 valence electrons. The number of hydrogen-bond acceptors (Lipinski definition) is 4. The lowest BCUT2D eigenvalue weighted by Crippen LogP contribution is -2.31. The van der Waals surface area contributed by atoms with E-state index in [4.69, 9.17) is 15.9 Å². The summed E-state index contributed by atoms with van der Waals surface area (Å²) in [6.07, 6.45) is 3.64. The second-order valence-corrected chi connectivity index (χ2v) is 7.00. The number of benzene rings is 2. The standard InChI is InChI=1S/C23H23N5O2/c1-3-30-22(29)21-18-8-7-14(11-19(18)28(2)20(21)13-27-23(24)25)16-6-4-5-15-12-26-10-9-17(15)16/h4-12H,3,13H2,1-2H3,(H4,24,25,27). The fourth-order valence-electron chi connectivity index (χ4n) is 3.85. The van der Waals surface area contributed by atoms with Crippen LogP contribution in [0, 0.1) is 5.41 Å². The maximum atomic E-state index is 12.7. The van der Waals surface area contributed by atoms with Gasteiger partial charge in [0.05, 0.1) is 24.4 Å². The van der Waals surface area contributed by atoms with Crippen LogP contribution in [0.1, 0.15) is 23.0 Å². The van der Waals surface area contributed by atoms with E-state index in [0.717, 1.165) is 38.5 Å². The summed E-state index contributed by atoms with van der Waals surface area (Å²) < 4.78 is 7.25. The van der Waals surface area contributed by atoms with Crippen LogP contribution >= 0.6 is 0 Å². The summed E-state index contributed by atoms with van der Waals surface area (Å²) in [5.74, 6) is -0.535. The summed E-state index contributed by atoms with van der Waals surface area (Å²) in [5, 5.41) is 13.3. The van der Waals surface area contributed by atoms with Crippen molar-refractivity contribution in [1.29, 1.82) is 5.41 Å². The molecule has 4 aromatic rings. The van der Waals surface area contributed by atoms with E-state index in [1.54, 1.807) is 13.1 Å². The first-order valence-corrected chi connectivity index (χ1v) is 9.70. The van der Waals surface area contributed by atoms with Crippen LogP contribution in [0.15, 0.2) is 54.9 Å². The molecule has 4 N–H and O–H groups in total. The Hall–Kier alpha value is -3.87. The number of nitrogens with two attached hydrogens (primary N) is 1. The van der Waals surface area contributed by atoms with Crippen LogP contribution in [0.5, 0.6) is 0 Å². The number of rotatable bonds is 5. The van der Waals surface area contributed by atoms with E-state index in [9.17, 15) is 4.79 Å². The molecule has 0 aliphatic rings. The summed E-state index contributed by atoms with van der Waals surface area (Å²) >= 11 is 0. The molecule has 0 radical (unpaired) electrons. The minimum atomic E-state index is -0.382. The van der Waals surface area contributed by atoms with Gasteiger partial charge in [0.2, 0.25) is 0 Å². The Morgan fingerprint density at radius 2 is 2.07 bits per heavy atom. The smallest absolute Gasteiger partial charge is 0.340 e. The van der Waals surface area contributed by atoms with Crippen LogP contribution in [0.3, 0.4) is 0 Å². The highest BCUT2D eigenvalue weighted by Gasteiger charge is 2.22. The van der Waals surface area contributed by atoms with Gasteiger partial charge in [-0.2, -0.15) is 0 Å². The molecule has 7 nitrogen and oxygen atoms in total. The summed E-state index contributed by atoms with van der Waals surface area (Å²) in [7, 11) is 1.90. The zero-order valence-electron chi connectivity index (χ0n) is 16.9. The molecule has 0 saturated carbocycles. The fraction of sp³-hybridized carbons (Fsp3) is 0.174. The molecule has 0 amide bonds. The Labute approximate surface area is 174 Å². The van der Waals surface area contributed by atoms with Crippen molar-refractivity contribution in [3.63, 3.8) is 0 Å². The normalized spacial score (nSPS) is 11.0. The third kappa shape index (κ3) is 3.34. The van der Waals surface area contributed by atoms with Crippen molar-refractivity contribution in [2.24, 2.45) is 12.8 Å². The monoisotopic (exact) mass is 401 g/mol. The highest BCUT2D eigenvalue weighted by Crippen LogP contribution is 2.33. The molecule has 0 bridgehead atoms. The van der Waals surface area contributed by atoms with Crippen molar-refractivity contribution in [3.05, 3.63) is 66.1 Å². The van der Waals surface area contributed by atoms with Crippen LogP contribution < -0.4 is 11.1 Å². The van der Waals surface area contributed by atoms with Crippen molar-refractivity contribution < 1.29 is 9.53 Å².